The minimum Gasteiger partial charge on any atom is -0.497 e. The second-order valence-corrected chi connectivity index (χ2v) is 7.23. The molecule has 3 aromatic carbocycles. The number of nitrogens with one attached hydrogen (secondary N) is 2. The number of hydrogen-bond acceptors (Lipinski definition) is 6. The number of anilines is 2. The number of carbonyl (C=O) groups excluding carboxylic acids is 2. The Labute approximate surface area is 196 Å². The molecule has 1 heterocycles. The van der Waals surface area contributed by atoms with Crippen molar-refractivity contribution in [2.24, 2.45) is 0 Å². The van der Waals surface area contributed by atoms with Crippen LogP contribution in [0.2, 0.25) is 0 Å². The highest BCUT2D eigenvalue weighted by Gasteiger charge is 2.22. The van der Waals surface area contributed by atoms with Crippen molar-refractivity contribution in [3.05, 3.63) is 78.6 Å². The summed E-state index contributed by atoms with van der Waals surface area (Å²) >= 11 is 0. The van der Waals surface area contributed by atoms with E-state index in [1.165, 1.54) is 0 Å². The molecule has 1 aromatic heterocycles. The van der Waals surface area contributed by atoms with Gasteiger partial charge < -0.3 is 29.3 Å². The van der Waals surface area contributed by atoms with E-state index in [1.54, 1.807) is 79.9 Å². The summed E-state index contributed by atoms with van der Waals surface area (Å²) in [6, 6.07) is 20.9. The molecular weight excluding hydrogens is 436 g/mol. The number of para-hydroxylation sites is 1. The van der Waals surface area contributed by atoms with Crippen molar-refractivity contribution in [3.8, 4) is 17.2 Å². The highest BCUT2D eigenvalue weighted by atomic mass is 16.5. The van der Waals surface area contributed by atoms with Gasteiger partial charge in [0.25, 0.3) is 11.8 Å². The lowest BCUT2D eigenvalue weighted by atomic mass is 10.2. The van der Waals surface area contributed by atoms with E-state index in [2.05, 4.69) is 10.6 Å². The molecule has 34 heavy (non-hydrogen) atoms. The number of carbonyl (C=O) groups is 2. The van der Waals surface area contributed by atoms with Crippen LogP contribution in [-0.4, -0.2) is 32.1 Å². The first kappa shape index (κ1) is 22.7. The van der Waals surface area contributed by atoms with E-state index >= 15 is 0 Å². The van der Waals surface area contributed by atoms with Gasteiger partial charge >= 0.3 is 0 Å². The molecule has 4 aromatic rings. The highest BCUT2D eigenvalue weighted by molar-refractivity contribution is 6.14. The van der Waals surface area contributed by atoms with E-state index in [9.17, 15) is 9.59 Å². The summed E-state index contributed by atoms with van der Waals surface area (Å²) in [7, 11) is 1.57. The minimum atomic E-state index is -0.496. The number of furan rings is 1. The molecule has 0 unspecified atom stereocenters. The molecule has 2 amide bonds. The van der Waals surface area contributed by atoms with Gasteiger partial charge in [-0.3, -0.25) is 9.59 Å². The van der Waals surface area contributed by atoms with Crippen LogP contribution in [0.3, 0.4) is 0 Å². The van der Waals surface area contributed by atoms with Crippen molar-refractivity contribution in [2.75, 3.05) is 31.0 Å². The third-order valence-corrected chi connectivity index (χ3v) is 4.92. The molecular formula is C26H24N2O6. The van der Waals surface area contributed by atoms with Crippen LogP contribution in [0.5, 0.6) is 17.2 Å². The zero-order chi connectivity index (χ0) is 23.9. The maximum absolute atomic E-state index is 13.0. The van der Waals surface area contributed by atoms with Crippen LogP contribution in [0.15, 0.2) is 77.2 Å². The number of rotatable bonds is 9. The molecule has 0 aliphatic rings. The van der Waals surface area contributed by atoms with Crippen LogP contribution in [-0.2, 0) is 4.79 Å². The summed E-state index contributed by atoms with van der Waals surface area (Å²) in [5.74, 6) is 0.974. The Hall–Kier alpha value is -4.46. The molecule has 0 radical (unpaired) electrons. The standard InChI is InChI=1S/C26H24N2O6/c1-3-32-19-12-14-20(15-13-19)33-16-23(29)28-24-21-6-4-5-7-22(21)34-25(24)26(30)27-17-8-10-18(31-2)11-9-17/h4-15H,3,16H2,1-2H3,(H,27,30)(H,28,29). The largest absolute Gasteiger partial charge is 0.497 e. The number of benzene rings is 3. The van der Waals surface area contributed by atoms with Crippen molar-refractivity contribution >= 4 is 34.2 Å². The van der Waals surface area contributed by atoms with Crippen LogP contribution in [0, 0.1) is 0 Å². The van der Waals surface area contributed by atoms with Crippen molar-refractivity contribution < 1.29 is 28.2 Å². The zero-order valence-electron chi connectivity index (χ0n) is 18.8. The van der Waals surface area contributed by atoms with Crippen molar-refractivity contribution in [2.45, 2.75) is 6.92 Å². The Bertz CT molecular complexity index is 1280. The molecule has 174 valence electrons. The quantitative estimate of drug-likeness (QED) is 0.360. The maximum atomic E-state index is 13.0. The molecule has 8 heteroatoms. The van der Waals surface area contributed by atoms with Crippen LogP contribution in [0.25, 0.3) is 11.0 Å². The first-order chi connectivity index (χ1) is 16.6. The van der Waals surface area contributed by atoms with Gasteiger partial charge in [-0.1, -0.05) is 12.1 Å². The molecule has 0 bridgehead atoms. The third-order valence-electron chi connectivity index (χ3n) is 4.92. The fourth-order valence-corrected chi connectivity index (χ4v) is 3.31. The van der Waals surface area contributed by atoms with Crippen molar-refractivity contribution in [1.82, 2.24) is 0 Å². The molecule has 0 aliphatic carbocycles. The normalized spacial score (nSPS) is 10.5. The van der Waals surface area contributed by atoms with Gasteiger partial charge in [0.1, 0.15) is 28.5 Å². The SMILES string of the molecule is CCOc1ccc(OCC(=O)Nc2c(C(=O)Nc3ccc(OC)cc3)oc3ccccc23)cc1. The Morgan fingerprint density at radius 1 is 0.824 bits per heavy atom. The van der Waals surface area contributed by atoms with E-state index in [4.69, 9.17) is 18.6 Å². The van der Waals surface area contributed by atoms with Crippen LogP contribution >= 0.6 is 0 Å². The Kier molecular flexibility index (Phi) is 6.98. The lowest BCUT2D eigenvalue weighted by molar-refractivity contribution is -0.118. The van der Waals surface area contributed by atoms with Crippen molar-refractivity contribution in [3.63, 3.8) is 0 Å². The van der Waals surface area contributed by atoms with Crippen LogP contribution in [0.4, 0.5) is 11.4 Å². The maximum Gasteiger partial charge on any atom is 0.293 e. The summed E-state index contributed by atoms with van der Waals surface area (Å²) in [4.78, 5) is 25.6. The predicted molar refractivity (Wildman–Crippen MR) is 129 cm³/mol. The zero-order valence-corrected chi connectivity index (χ0v) is 18.8. The fraction of sp³-hybridized carbons (Fsp3) is 0.154. The lowest BCUT2D eigenvalue weighted by Gasteiger charge is -2.09. The predicted octanol–water partition coefficient (Wildman–Crippen LogP) is 5.11. The molecule has 0 aliphatic heterocycles. The molecule has 4 rings (SSSR count). The second kappa shape index (κ2) is 10.4. The average molecular weight is 460 g/mol. The average Bonchev–Trinajstić information content (AvgIpc) is 3.23. The van der Waals surface area contributed by atoms with Gasteiger partial charge in [-0.25, -0.2) is 0 Å². The van der Waals surface area contributed by atoms with Gasteiger partial charge in [-0.2, -0.15) is 0 Å². The number of ether oxygens (including phenoxy) is 3. The fourth-order valence-electron chi connectivity index (χ4n) is 3.31. The highest BCUT2D eigenvalue weighted by Crippen LogP contribution is 2.31. The summed E-state index contributed by atoms with van der Waals surface area (Å²) in [5, 5.41) is 6.14. The smallest absolute Gasteiger partial charge is 0.293 e. The number of fused-ring (bicyclic) bond motifs is 1. The van der Waals surface area contributed by atoms with E-state index < -0.39 is 11.8 Å². The topological polar surface area (TPSA) is 99.0 Å². The number of amides is 2. The Morgan fingerprint density at radius 3 is 2.15 bits per heavy atom. The number of methoxy groups -OCH3 is 1. The van der Waals surface area contributed by atoms with Gasteiger partial charge in [-0.05, 0) is 67.6 Å². The Morgan fingerprint density at radius 2 is 1.47 bits per heavy atom. The second-order valence-electron chi connectivity index (χ2n) is 7.23. The summed E-state index contributed by atoms with van der Waals surface area (Å²) in [6.07, 6.45) is 0. The van der Waals surface area contributed by atoms with E-state index in [1.807, 2.05) is 6.92 Å². The van der Waals surface area contributed by atoms with Gasteiger partial charge in [0.2, 0.25) is 5.76 Å². The van der Waals surface area contributed by atoms with Gasteiger partial charge in [0.05, 0.1) is 13.7 Å². The van der Waals surface area contributed by atoms with E-state index in [0.29, 0.717) is 34.8 Å². The lowest BCUT2D eigenvalue weighted by Crippen LogP contribution is -2.22. The number of hydrogen-bond donors (Lipinski definition) is 2. The van der Waals surface area contributed by atoms with E-state index in [0.717, 1.165) is 5.75 Å². The van der Waals surface area contributed by atoms with Crippen LogP contribution in [0.1, 0.15) is 17.5 Å². The molecule has 0 atom stereocenters. The van der Waals surface area contributed by atoms with Gasteiger partial charge in [-0.15, -0.1) is 0 Å². The van der Waals surface area contributed by atoms with Crippen molar-refractivity contribution in [1.29, 1.82) is 0 Å². The first-order valence-electron chi connectivity index (χ1n) is 10.7. The first-order valence-corrected chi connectivity index (χ1v) is 10.7. The minimum absolute atomic E-state index is 0.00793. The molecule has 0 saturated carbocycles. The Balaban J connectivity index is 1.48. The molecule has 0 saturated heterocycles. The molecule has 8 nitrogen and oxygen atoms in total. The molecule has 2 N–H and O–H groups in total. The summed E-state index contributed by atoms with van der Waals surface area (Å²) in [6.45, 7) is 2.22. The van der Waals surface area contributed by atoms with Gasteiger partial charge in [0, 0.05) is 11.1 Å². The monoisotopic (exact) mass is 460 g/mol. The molecule has 0 spiro atoms. The van der Waals surface area contributed by atoms with E-state index in [-0.39, 0.29) is 18.1 Å². The third kappa shape index (κ3) is 5.29. The van der Waals surface area contributed by atoms with Crippen LogP contribution < -0.4 is 24.8 Å². The summed E-state index contributed by atoms with van der Waals surface area (Å²) in [5.41, 5.74) is 1.31. The summed E-state index contributed by atoms with van der Waals surface area (Å²) < 4.78 is 21.9. The molecule has 0 fully saturated rings. The van der Waals surface area contributed by atoms with Gasteiger partial charge in [0.15, 0.2) is 6.61 Å².